The summed E-state index contributed by atoms with van der Waals surface area (Å²) in [6.07, 6.45) is -0.556. The number of nitrogens with zero attached hydrogens (tertiary/aromatic N) is 3. The molecule has 29 heavy (non-hydrogen) atoms. The SMILES string of the molecule is CN(Cc1ccccc1)C[C@H](O)COc1ccc(CN2CCN(C)C(=O)C2)cc1. The molecule has 1 N–H and O–H groups in total. The van der Waals surface area contributed by atoms with Crippen molar-refractivity contribution in [1.82, 2.24) is 14.7 Å². The minimum absolute atomic E-state index is 0.169. The molecule has 0 aliphatic carbocycles. The number of carbonyl (C=O) groups is 1. The lowest BCUT2D eigenvalue weighted by Crippen LogP contribution is -2.47. The zero-order valence-electron chi connectivity index (χ0n) is 17.3. The Kier molecular flexibility index (Phi) is 7.63. The van der Waals surface area contributed by atoms with Gasteiger partial charge >= 0.3 is 0 Å². The molecule has 2 aromatic rings. The smallest absolute Gasteiger partial charge is 0.236 e. The van der Waals surface area contributed by atoms with Crippen LogP contribution in [-0.2, 0) is 17.9 Å². The predicted molar refractivity (Wildman–Crippen MR) is 114 cm³/mol. The third-order valence-electron chi connectivity index (χ3n) is 5.13. The monoisotopic (exact) mass is 397 g/mol. The standard InChI is InChI=1S/C23H31N3O3/c1-24(14-19-6-4-3-5-7-19)16-21(27)18-29-22-10-8-20(9-11-22)15-26-13-12-25(2)23(28)17-26/h3-11,21,27H,12-18H2,1-2H3/t21-/m0/s1. The van der Waals surface area contributed by atoms with Crippen LogP contribution in [0.5, 0.6) is 5.75 Å². The number of aliphatic hydroxyl groups is 1. The van der Waals surface area contributed by atoms with Crippen LogP contribution in [0.15, 0.2) is 54.6 Å². The Balaban J connectivity index is 1.39. The average Bonchev–Trinajstić information content (AvgIpc) is 2.71. The Hall–Kier alpha value is -2.41. The Morgan fingerprint density at radius 1 is 1.07 bits per heavy atom. The molecule has 1 aliphatic heterocycles. The van der Waals surface area contributed by atoms with Crippen LogP contribution >= 0.6 is 0 Å². The van der Waals surface area contributed by atoms with Crippen molar-refractivity contribution in [2.24, 2.45) is 0 Å². The molecule has 3 rings (SSSR count). The van der Waals surface area contributed by atoms with Gasteiger partial charge in [-0.15, -0.1) is 0 Å². The second-order valence-corrected chi connectivity index (χ2v) is 7.82. The third kappa shape index (κ3) is 6.85. The second-order valence-electron chi connectivity index (χ2n) is 7.82. The van der Waals surface area contributed by atoms with Crippen LogP contribution in [-0.4, -0.2) is 78.7 Å². The number of hydrogen-bond donors (Lipinski definition) is 1. The van der Waals surface area contributed by atoms with Crippen LogP contribution in [0.2, 0.25) is 0 Å². The molecule has 1 aliphatic rings. The summed E-state index contributed by atoms with van der Waals surface area (Å²) in [5.41, 5.74) is 2.37. The maximum atomic E-state index is 11.8. The van der Waals surface area contributed by atoms with Crippen LogP contribution in [0.25, 0.3) is 0 Å². The molecule has 1 fully saturated rings. The normalized spacial score (nSPS) is 16.3. The first-order chi connectivity index (χ1) is 14.0. The molecule has 1 saturated heterocycles. The topological polar surface area (TPSA) is 56.3 Å². The van der Waals surface area contributed by atoms with E-state index in [4.69, 9.17) is 4.74 Å². The lowest BCUT2D eigenvalue weighted by Gasteiger charge is -2.31. The fraction of sp³-hybridized carbons (Fsp3) is 0.435. The molecule has 0 spiro atoms. The van der Waals surface area contributed by atoms with Gasteiger partial charge in [0, 0.05) is 39.8 Å². The zero-order valence-corrected chi connectivity index (χ0v) is 17.3. The summed E-state index contributed by atoms with van der Waals surface area (Å²) < 4.78 is 5.74. The maximum absolute atomic E-state index is 11.8. The van der Waals surface area contributed by atoms with E-state index in [1.54, 1.807) is 4.90 Å². The van der Waals surface area contributed by atoms with E-state index < -0.39 is 6.10 Å². The molecule has 0 aromatic heterocycles. The summed E-state index contributed by atoms with van der Waals surface area (Å²) in [6.45, 7) is 4.49. The molecule has 156 valence electrons. The number of aliphatic hydroxyl groups excluding tert-OH is 1. The van der Waals surface area contributed by atoms with Gasteiger partial charge < -0.3 is 14.7 Å². The van der Waals surface area contributed by atoms with Gasteiger partial charge in [-0.3, -0.25) is 14.6 Å². The number of likely N-dealkylation sites (N-methyl/N-ethyl adjacent to an activating group) is 2. The van der Waals surface area contributed by atoms with Gasteiger partial charge in [-0.05, 0) is 30.3 Å². The Morgan fingerprint density at radius 3 is 2.48 bits per heavy atom. The number of piperazine rings is 1. The second kappa shape index (κ2) is 10.4. The van der Waals surface area contributed by atoms with Crippen molar-refractivity contribution in [3.63, 3.8) is 0 Å². The van der Waals surface area contributed by atoms with Gasteiger partial charge in [0.05, 0.1) is 6.54 Å². The maximum Gasteiger partial charge on any atom is 0.236 e. The van der Waals surface area contributed by atoms with Crippen molar-refractivity contribution in [3.05, 3.63) is 65.7 Å². The first kappa shape index (κ1) is 21.3. The highest BCUT2D eigenvalue weighted by molar-refractivity contribution is 5.78. The van der Waals surface area contributed by atoms with Gasteiger partial charge in [0.1, 0.15) is 18.5 Å². The van der Waals surface area contributed by atoms with Crippen LogP contribution < -0.4 is 4.74 Å². The Bertz CT molecular complexity index is 767. The van der Waals surface area contributed by atoms with Crippen LogP contribution in [0.1, 0.15) is 11.1 Å². The molecule has 1 amide bonds. The van der Waals surface area contributed by atoms with Gasteiger partial charge in [-0.25, -0.2) is 0 Å². The molecule has 6 nitrogen and oxygen atoms in total. The van der Waals surface area contributed by atoms with E-state index in [2.05, 4.69) is 21.9 Å². The van der Waals surface area contributed by atoms with Gasteiger partial charge in [-0.2, -0.15) is 0 Å². The van der Waals surface area contributed by atoms with E-state index >= 15 is 0 Å². The highest BCUT2D eigenvalue weighted by atomic mass is 16.5. The summed E-state index contributed by atoms with van der Waals surface area (Å²) in [5, 5.41) is 10.3. The lowest BCUT2D eigenvalue weighted by molar-refractivity contribution is -0.134. The van der Waals surface area contributed by atoms with Crippen LogP contribution in [0, 0.1) is 0 Å². The number of rotatable bonds is 9. The Morgan fingerprint density at radius 2 is 1.79 bits per heavy atom. The minimum Gasteiger partial charge on any atom is -0.491 e. The summed E-state index contributed by atoms with van der Waals surface area (Å²) in [7, 11) is 3.84. The molecule has 0 unspecified atom stereocenters. The van der Waals surface area contributed by atoms with E-state index in [1.165, 1.54) is 5.56 Å². The quantitative estimate of drug-likeness (QED) is 0.700. The lowest BCUT2D eigenvalue weighted by atomic mass is 10.2. The number of benzene rings is 2. The van der Waals surface area contributed by atoms with Crippen molar-refractivity contribution in [3.8, 4) is 5.75 Å². The van der Waals surface area contributed by atoms with Gasteiger partial charge in [0.2, 0.25) is 5.91 Å². The van der Waals surface area contributed by atoms with Crippen molar-refractivity contribution in [2.75, 3.05) is 46.9 Å². The first-order valence-corrected chi connectivity index (χ1v) is 10.1. The average molecular weight is 398 g/mol. The fourth-order valence-electron chi connectivity index (χ4n) is 3.46. The number of carbonyl (C=O) groups excluding carboxylic acids is 1. The van der Waals surface area contributed by atoms with Crippen molar-refractivity contribution >= 4 is 5.91 Å². The van der Waals surface area contributed by atoms with Crippen molar-refractivity contribution in [2.45, 2.75) is 19.2 Å². The number of ether oxygens (including phenoxy) is 1. The third-order valence-corrected chi connectivity index (χ3v) is 5.13. The van der Waals surface area contributed by atoms with E-state index in [0.717, 1.165) is 37.5 Å². The van der Waals surface area contributed by atoms with Crippen molar-refractivity contribution in [1.29, 1.82) is 0 Å². The minimum atomic E-state index is -0.556. The summed E-state index contributed by atoms with van der Waals surface area (Å²) in [4.78, 5) is 17.8. The molecule has 6 heteroatoms. The van der Waals surface area contributed by atoms with E-state index in [0.29, 0.717) is 13.1 Å². The van der Waals surface area contributed by atoms with Crippen LogP contribution in [0.3, 0.4) is 0 Å². The number of amides is 1. The molecular formula is C23H31N3O3. The molecule has 1 heterocycles. The largest absolute Gasteiger partial charge is 0.491 e. The fourth-order valence-corrected chi connectivity index (χ4v) is 3.46. The number of hydrogen-bond acceptors (Lipinski definition) is 5. The van der Waals surface area contributed by atoms with Gasteiger partial charge in [-0.1, -0.05) is 42.5 Å². The van der Waals surface area contributed by atoms with E-state index in [1.807, 2.05) is 56.6 Å². The molecule has 0 radical (unpaired) electrons. The predicted octanol–water partition coefficient (Wildman–Crippen LogP) is 1.83. The van der Waals surface area contributed by atoms with Gasteiger partial charge in [0.15, 0.2) is 0 Å². The molecule has 0 saturated carbocycles. The molecular weight excluding hydrogens is 366 g/mol. The first-order valence-electron chi connectivity index (χ1n) is 10.1. The highest BCUT2D eigenvalue weighted by Crippen LogP contribution is 2.15. The molecule has 2 aromatic carbocycles. The molecule has 0 bridgehead atoms. The Labute approximate surface area is 173 Å². The molecule has 1 atom stereocenters. The van der Waals surface area contributed by atoms with E-state index in [9.17, 15) is 9.90 Å². The van der Waals surface area contributed by atoms with Crippen molar-refractivity contribution < 1.29 is 14.6 Å². The van der Waals surface area contributed by atoms with E-state index in [-0.39, 0.29) is 12.5 Å². The summed E-state index contributed by atoms with van der Waals surface area (Å²) >= 11 is 0. The summed E-state index contributed by atoms with van der Waals surface area (Å²) in [5.74, 6) is 0.912. The summed E-state index contributed by atoms with van der Waals surface area (Å²) in [6, 6.07) is 18.1. The van der Waals surface area contributed by atoms with Crippen LogP contribution in [0.4, 0.5) is 0 Å². The highest BCUT2D eigenvalue weighted by Gasteiger charge is 2.20. The zero-order chi connectivity index (χ0) is 20.6. The van der Waals surface area contributed by atoms with Gasteiger partial charge in [0.25, 0.3) is 0 Å².